The van der Waals surface area contributed by atoms with Crippen molar-refractivity contribution in [1.29, 1.82) is 0 Å². The second-order valence-corrected chi connectivity index (χ2v) is 9.14. The van der Waals surface area contributed by atoms with Crippen molar-refractivity contribution in [2.45, 2.75) is 58.1 Å². The average molecular weight is 489 g/mol. The van der Waals surface area contributed by atoms with E-state index < -0.39 is 18.4 Å². The molecule has 1 saturated carbocycles. The van der Waals surface area contributed by atoms with Gasteiger partial charge in [0.1, 0.15) is 5.75 Å². The van der Waals surface area contributed by atoms with E-state index in [0.717, 1.165) is 25.7 Å². The van der Waals surface area contributed by atoms with E-state index in [0.29, 0.717) is 32.7 Å². The lowest BCUT2D eigenvalue weighted by Crippen LogP contribution is -2.40. The molecule has 2 atom stereocenters. The molecule has 0 N–H and O–H groups in total. The second kappa shape index (κ2) is 11.3. The normalized spacial score (nSPS) is 18.4. The average Bonchev–Trinajstić information content (AvgIpc) is 3.31. The minimum Gasteiger partial charge on any atom is -0.597 e. The Morgan fingerprint density at radius 1 is 1.09 bits per heavy atom. The van der Waals surface area contributed by atoms with Crippen LogP contribution >= 0.6 is 11.6 Å². The molecule has 1 aliphatic carbocycles. The quantitative estimate of drug-likeness (QED) is 0.0808. The summed E-state index contributed by atoms with van der Waals surface area (Å²) >= 11 is 5.87. The smallest absolute Gasteiger partial charge is 0.352 e. The van der Waals surface area contributed by atoms with Crippen LogP contribution in [0, 0.1) is 11.1 Å². The molecular weight excluding hydrogens is 460 g/mol. The molecule has 8 nitrogen and oxygen atoms in total. The number of esters is 1. The number of rotatable bonds is 10. The molecule has 0 aromatic heterocycles. The summed E-state index contributed by atoms with van der Waals surface area (Å²) in [6, 6.07) is 12.9. The fourth-order valence-electron chi connectivity index (χ4n) is 3.96. The Labute approximate surface area is 204 Å². The molecule has 1 fully saturated rings. The molecule has 0 saturated heterocycles. The van der Waals surface area contributed by atoms with Crippen LogP contribution in [-0.2, 0) is 14.4 Å². The first-order chi connectivity index (χ1) is 16.2. The van der Waals surface area contributed by atoms with Gasteiger partial charge < -0.3 is 19.5 Å². The number of benzene rings is 2. The fourth-order valence-corrected chi connectivity index (χ4v) is 4.08. The summed E-state index contributed by atoms with van der Waals surface area (Å²) in [4.78, 5) is 30.5. The zero-order valence-corrected chi connectivity index (χ0v) is 20.3. The molecular formula is C25H29ClN2O6. The number of hydrogen-bond acceptors (Lipinski definition) is 7. The summed E-state index contributed by atoms with van der Waals surface area (Å²) in [5.41, 5.74) is -0.344. The van der Waals surface area contributed by atoms with E-state index in [9.17, 15) is 14.8 Å². The highest BCUT2D eigenvalue weighted by molar-refractivity contribution is 6.30. The Bertz CT molecular complexity index is 1020. The van der Waals surface area contributed by atoms with E-state index in [1.54, 1.807) is 62.4 Å². The monoisotopic (exact) mass is 488 g/mol. The Kier molecular flexibility index (Phi) is 8.50. The molecule has 34 heavy (non-hydrogen) atoms. The van der Waals surface area contributed by atoms with E-state index >= 15 is 0 Å². The van der Waals surface area contributed by atoms with Crippen LogP contribution < -0.4 is 4.74 Å². The van der Waals surface area contributed by atoms with Crippen molar-refractivity contribution in [2.24, 2.45) is 11.2 Å². The lowest BCUT2D eigenvalue weighted by molar-refractivity contribution is -0.600. The lowest BCUT2D eigenvalue weighted by atomic mass is 10.0. The maximum absolute atomic E-state index is 12.6. The van der Waals surface area contributed by atoms with Gasteiger partial charge in [-0.15, -0.1) is 0 Å². The Balaban J connectivity index is 1.50. The maximum atomic E-state index is 12.6. The molecule has 0 spiro atoms. The van der Waals surface area contributed by atoms with Crippen molar-refractivity contribution in [3.8, 4) is 5.75 Å². The first-order valence-corrected chi connectivity index (χ1v) is 11.6. The molecule has 1 aliphatic rings. The zero-order valence-electron chi connectivity index (χ0n) is 19.5. The van der Waals surface area contributed by atoms with Crippen LogP contribution in [-0.4, -0.2) is 35.0 Å². The van der Waals surface area contributed by atoms with Gasteiger partial charge in [-0.25, -0.2) is 4.79 Å². The van der Waals surface area contributed by atoms with Gasteiger partial charge in [-0.3, -0.25) is 4.79 Å². The topological polar surface area (TPSA) is 100 Å². The van der Waals surface area contributed by atoms with Gasteiger partial charge in [-0.05, 0) is 81.6 Å². The number of hydroxylamine groups is 1. The number of ether oxygens (including phenoxy) is 2. The lowest BCUT2D eigenvalue weighted by Gasteiger charge is -2.24. The van der Waals surface area contributed by atoms with E-state index in [4.69, 9.17) is 25.9 Å². The first-order valence-electron chi connectivity index (χ1n) is 11.3. The van der Waals surface area contributed by atoms with Crippen LogP contribution in [0.3, 0.4) is 0 Å². The molecule has 2 aromatic carbocycles. The standard InChI is InChI=1S/C25H29ClN2O6/c1-4-17-6-5-7-22(17)28(31)27-33-16-32-24(30)25(2,3)34-21-14-10-19(11-15-21)23(29)18-8-12-20(26)13-9-18/h8-15,17,22H,4-7,16H2,1-3H3/b28-27-/t17-,22?/m1/s1. The molecule has 182 valence electrons. The van der Waals surface area contributed by atoms with Gasteiger partial charge >= 0.3 is 5.97 Å². The predicted molar refractivity (Wildman–Crippen MR) is 126 cm³/mol. The molecule has 0 aliphatic heterocycles. The highest BCUT2D eigenvalue weighted by atomic mass is 35.5. The van der Waals surface area contributed by atoms with Crippen LogP contribution in [0.25, 0.3) is 0 Å². The molecule has 2 aromatic rings. The van der Waals surface area contributed by atoms with Gasteiger partial charge in [-0.2, -0.15) is 0 Å². The Morgan fingerprint density at radius 2 is 1.71 bits per heavy atom. The summed E-state index contributed by atoms with van der Waals surface area (Å²) in [7, 11) is 0. The molecule has 3 rings (SSSR count). The molecule has 9 heteroatoms. The first kappa shape index (κ1) is 25.5. The third kappa shape index (κ3) is 6.47. The van der Waals surface area contributed by atoms with E-state index in [-0.39, 0.29) is 11.8 Å². The van der Waals surface area contributed by atoms with Crippen LogP contribution in [0.2, 0.25) is 5.02 Å². The van der Waals surface area contributed by atoms with Gasteiger partial charge in [-0.1, -0.05) is 23.4 Å². The summed E-state index contributed by atoms with van der Waals surface area (Å²) in [6.07, 6.45) is 3.69. The molecule has 0 amide bonds. The van der Waals surface area contributed by atoms with Crippen LogP contribution in [0.15, 0.2) is 53.8 Å². The van der Waals surface area contributed by atoms with Crippen LogP contribution in [0.5, 0.6) is 5.75 Å². The minimum absolute atomic E-state index is 0.155. The highest BCUT2D eigenvalue weighted by Crippen LogP contribution is 2.30. The minimum atomic E-state index is -1.33. The highest BCUT2D eigenvalue weighted by Gasteiger charge is 2.34. The third-order valence-corrected chi connectivity index (χ3v) is 6.15. The van der Waals surface area contributed by atoms with Gasteiger partial charge in [0.2, 0.25) is 5.28 Å². The Hall–Kier alpha value is -3.13. The fraction of sp³-hybridized carbons (Fsp3) is 0.440. The number of hydrogen-bond donors (Lipinski definition) is 0. The van der Waals surface area contributed by atoms with Crippen LogP contribution in [0.1, 0.15) is 62.4 Å². The molecule has 1 unspecified atom stereocenters. The number of nitrogens with zero attached hydrogens (tertiary/aromatic N) is 2. The molecule has 0 heterocycles. The maximum Gasteiger partial charge on any atom is 0.352 e. The van der Waals surface area contributed by atoms with Gasteiger partial charge in [0.15, 0.2) is 17.4 Å². The van der Waals surface area contributed by atoms with Crippen LogP contribution in [0.4, 0.5) is 0 Å². The summed E-state index contributed by atoms with van der Waals surface area (Å²) in [5.74, 6) is -0.155. The number of carbonyl (C=O) groups excluding carboxylic acids is 2. The molecule has 0 radical (unpaired) electrons. The van der Waals surface area contributed by atoms with Gasteiger partial charge in [0.05, 0.1) is 0 Å². The van der Waals surface area contributed by atoms with E-state index in [1.807, 2.05) is 6.92 Å². The van der Waals surface area contributed by atoms with Crippen molar-refractivity contribution in [3.05, 3.63) is 69.9 Å². The zero-order chi connectivity index (χ0) is 24.7. The van der Waals surface area contributed by atoms with Gasteiger partial charge in [0, 0.05) is 28.5 Å². The predicted octanol–water partition coefficient (Wildman–Crippen LogP) is 5.70. The van der Waals surface area contributed by atoms with Crippen molar-refractivity contribution >= 4 is 23.4 Å². The van der Waals surface area contributed by atoms with E-state index in [2.05, 4.69) is 5.28 Å². The summed E-state index contributed by atoms with van der Waals surface area (Å²) in [6.45, 7) is 4.64. The summed E-state index contributed by atoms with van der Waals surface area (Å²) < 4.78 is 10.8. The summed E-state index contributed by atoms with van der Waals surface area (Å²) in [5, 5.41) is 16.2. The van der Waals surface area contributed by atoms with Crippen molar-refractivity contribution in [1.82, 2.24) is 0 Å². The molecule has 0 bridgehead atoms. The van der Waals surface area contributed by atoms with Gasteiger partial charge in [0.25, 0.3) is 6.79 Å². The SMILES string of the molecule is CC[C@@H]1CCCC1/[N+]([O-])=N/OCOC(=O)C(C)(C)Oc1ccc(C(=O)c2ccc(Cl)cc2)cc1. The van der Waals surface area contributed by atoms with Crippen molar-refractivity contribution < 1.29 is 28.8 Å². The number of ketones is 1. The largest absolute Gasteiger partial charge is 0.597 e. The number of halogens is 1. The van der Waals surface area contributed by atoms with E-state index in [1.165, 1.54) is 0 Å². The van der Waals surface area contributed by atoms with Crippen molar-refractivity contribution in [3.63, 3.8) is 0 Å². The number of carbonyl (C=O) groups is 2. The third-order valence-electron chi connectivity index (χ3n) is 5.90. The Morgan fingerprint density at radius 3 is 2.32 bits per heavy atom. The second-order valence-electron chi connectivity index (χ2n) is 8.70. The van der Waals surface area contributed by atoms with Crippen molar-refractivity contribution in [2.75, 3.05) is 6.79 Å².